The molecular formula is C35H46N4O3. The summed E-state index contributed by atoms with van der Waals surface area (Å²) in [5.41, 5.74) is 7.14. The number of carbonyl (C=O) groups is 1. The summed E-state index contributed by atoms with van der Waals surface area (Å²) >= 11 is 0. The summed E-state index contributed by atoms with van der Waals surface area (Å²) in [6, 6.07) is 4.14. The van der Waals surface area contributed by atoms with E-state index in [1.165, 1.54) is 22.3 Å². The lowest BCUT2D eigenvalue weighted by molar-refractivity contribution is -0.117. The molecule has 6 rings (SSSR count). The molecule has 2 saturated heterocycles. The number of morpholine rings is 1. The number of allylic oxidation sites excluding steroid dienone is 7. The molecule has 224 valence electrons. The van der Waals surface area contributed by atoms with Gasteiger partial charge in [0.15, 0.2) is 5.78 Å². The number of hydrogen-bond donors (Lipinski definition) is 1. The summed E-state index contributed by atoms with van der Waals surface area (Å²) in [7, 11) is 0. The van der Waals surface area contributed by atoms with Gasteiger partial charge in [-0.15, -0.1) is 0 Å². The Kier molecular flexibility index (Phi) is 9.17. The van der Waals surface area contributed by atoms with Crippen LogP contribution < -0.4 is 4.90 Å². The van der Waals surface area contributed by atoms with Gasteiger partial charge in [0.2, 0.25) is 0 Å². The van der Waals surface area contributed by atoms with Gasteiger partial charge in [0, 0.05) is 75.0 Å². The van der Waals surface area contributed by atoms with E-state index in [1.54, 1.807) is 0 Å². The van der Waals surface area contributed by atoms with Crippen LogP contribution in [0.25, 0.3) is 0 Å². The van der Waals surface area contributed by atoms with Gasteiger partial charge in [0.1, 0.15) is 5.82 Å². The van der Waals surface area contributed by atoms with E-state index in [2.05, 4.69) is 47.1 Å². The molecule has 7 nitrogen and oxygen atoms in total. The molecule has 2 unspecified atom stereocenters. The van der Waals surface area contributed by atoms with Gasteiger partial charge in [0.25, 0.3) is 0 Å². The molecule has 1 aromatic rings. The maximum Gasteiger partial charge on any atom is 0.166 e. The second-order valence-corrected chi connectivity index (χ2v) is 12.8. The Morgan fingerprint density at radius 1 is 1.12 bits per heavy atom. The first kappa shape index (κ1) is 29.2. The molecule has 0 aromatic carbocycles. The van der Waals surface area contributed by atoms with Crippen LogP contribution >= 0.6 is 0 Å². The fraction of sp³-hybridized carbons (Fsp3) is 0.571. The molecular weight excluding hydrogens is 524 g/mol. The Morgan fingerprint density at radius 3 is 2.69 bits per heavy atom. The molecule has 7 heteroatoms. The van der Waals surface area contributed by atoms with Gasteiger partial charge in [0.05, 0.1) is 19.3 Å². The molecule has 0 bridgehead atoms. The average molecular weight is 571 g/mol. The maximum absolute atomic E-state index is 14.3. The number of aliphatic imine (C=N–C) groups is 1. The van der Waals surface area contributed by atoms with Crippen molar-refractivity contribution in [3.63, 3.8) is 0 Å². The Labute approximate surface area is 250 Å². The fourth-order valence-electron chi connectivity index (χ4n) is 7.26. The van der Waals surface area contributed by atoms with Crippen molar-refractivity contribution in [3.8, 4) is 0 Å². The molecule has 0 amide bonds. The number of ketones is 1. The van der Waals surface area contributed by atoms with Crippen LogP contribution in [0.5, 0.6) is 0 Å². The molecule has 42 heavy (non-hydrogen) atoms. The molecule has 3 atom stereocenters. The van der Waals surface area contributed by atoms with Crippen LogP contribution in [0.3, 0.4) is 0 Å². The van der Waals surface area contributed by atoms with Gasteiger partial charge in [-0.25, -0.2) is 4.98 Å². The predicted molar refractivity (Wildman–Crippen MR) is 168 cm³/mol. The van der Waals surface area contributed by atoms with Crippen molar-refractivity contribution in [2.24, 2.45) is 16.8 Å². The van der Waals surface area contributed by atoms with Crippen molar-refractivity contribution in [3.05, 3.63) is 70.0 Å². The summed E-state index contributed by atoms with van der Waals surface area (Å²) in [6.45, 7) is 11.1. The number of anilines is 1. The number of rotatable bonds is 7. The highest BCUT2D eigenvalue weighted by Crippen LogP contribution is 2.43. The van der Waals surface area contributed by atoms with Crippen molar-refractivity contribution in [1.29, 1.82) is 0 Å². The van der Waals surface area contributed by atoms with E-state index in [1.807, 2.05) is 19.3 Å². The molecule has 2 aliphatic carbocycles. The van der Waals surface area contributed by atoms with Gasteiger partial charge in [-0.1, -0.05) is 42.4 Å². The molecule has 5 aliphatic rings. The third kappa shape index (κ3) is 6.53. The monoisotopic (exact) mass is 570 g/mol. The van der Waals surface area contributed by atoms with Gasteiger partial charge in [-0.05, 0) is 68.2 Å². The minimum atomic E-state index is -0.238. The second-order valence-electron chi connectivity index (χ2n) is 12.8. The Hall–Kier alpha value is -2.87. The first-order chi connectivity index (χ1) is 20.5. The first-order valence-corrected chi connectivity index (χ1v) is 16.0. The zero-order chi connectivity index (χ0) is 29.1. The number of aliphatic hydroxyl groups excluding tert-OH is 1. The SMILES string of the molecule is CC1=C(C(=O)[C@H](C)c2ccc(N3CCOCC3)nc2)C2CC(C3=CC(CN4CCC(O)CC4)CN=C3)=CC=C2CCC1. The van der Waals surface area contributed by atoms with Crippen LogP contribution in [0.1, 0.15) is 63.9 Å². The maximum atomic E-state index is 14.3. The number of nitrogens with zero attached hydrogens (tertiary/aromatic N) is 4. The number of likely N-dealkylation sites (tertiary alicyclic amines) is 1. The minimum Gasteiger partial charge on any atom is -0.393 e. The van der Waals surface area contributed by atoms with Crippen LogP contribution in [0.4, 0.5) is 5.82 Å². The normalized spacial score (nSPS) is 26.6. The van der Waals surface area contributed by atoms with Crippen LogP contribution in [0.15, 0.2) is 69.4 Å². The van der Waals surface area contributed by atoms with Crippen LogP contribution in [0.2, 0.25) is 0 Å². The Balaban J connectivity index is 1.18. The van der Waals surface area contributed by atoms with Crippen molar-refractivity contribution in [2.75, 3.05) is 57.4 Å². The lowest BCUT2D eigenvalue weighted by Gasteiger charge is -2.33. The van der Waals surface area contributed by atoms with Crippen LogP contribution in [0, 0.1) is 11.8 Å². The summed E-state index contributed by atoms with van der Waals surface area (Å²) in [6.07, 6.45) is 16.5. The zero-order valence-electron chi connectivity index (χ0n) is 25.3. The number of aliphatic hydroxyl groups is 1. The highest BCUT2D eigenvalue weighted by atomic mass is 16.5. The summed E-state index contributed by atoms with van der Waals surface area (Å²) in [4.78, 5) is 28.5. The smallest absolute Gasteiger partial charge is 0.166 e. The van der Waals surface area contributed by atoms with Gasteiger partial charge >= 0.3 is 0 Å². The third-order valence-electron chi connectivity index (χ3n) is 9.87. The zero-order valence-corrected chi connectivity index (χ0v) is 25.3. The third-order valence-corrected chi connectivity index (χ3v) is 9.87. The lowest BCUT2D eigenvalue weighted by atomic mass is 9.74. The van der Waals surface area contributed by atoms with Crippen molar-refractivity contribution in [1.82, 2.24) is 9.88 Å². The van der Waals surface area contributed by atoms with Crippen LogP contribution in [-0.2, 0) is 9.53 Å². The van der Waals surface area contributed by atoms with E-state index in [9.17, 15) is 9.90 Å². The Morgan fingerprint density at radius 2 is 1.93 bits per heavy atom. The topological polar surface area (TPSA) is 78.3 Å². The molecule has 0 saturated carbocycles. The van der Waals surface area contributed by atoms with E-state index in [0.717, 1.165) is 108 Å². The van der Waals surface area contributed by atoms with Crippen molar-refractivity contribution < 1.29 is 14.6 Å². The van der Waals surface area contributed by atoms with Crippen molar-refractivity contribution >= 4 is 17.8 Å². The first-order valence-electron chi connectivity index (χ1n) is 16.0. The molecule has 0 spiro atoms. The van der Waals surface area contributed by atoms with E-state index in [-0.39, 0.29) is 23.7 Å². The second kappa shape index (κ2) is 13.2. The number of aromatic nitrogens is 1. The molecule has 2 fully saturated rings. The minimum absolute atomic E-state index is 0.126. The average Bonchev–Trinajstić information content (AvgIpc) is 3.19. The molecule has 4 heterocycles. The summed E-state index contributed by atoms with van der Waals surface area (Å²) in [5.74, 6) is 1.47. The number of ether oxygens (including phenoxy) is 1. The van der Waals surface area contributed by atoms with E-state index in [0.29, 0.717) is 5.92 Å². The number of dihydropyridines is 1. The molecule has 0 radical (unpaired) electrons. The number of pyridine rings is 1. The van der Waals surface area contributed by atoms with Gasteiger partial charge < -0.3 is 19.6 Å². The lowest BCUT2D eigenvalue weighted by Crippen LogP contribution is -2.39. The largest absolute Gasteiger partial charge is 0.393 e. The number of Topliss-reactive ketones (excluding diaryl/α,β-unsaturated/α-hetero) is 1. The standard InChI is InChI=1S/C35H46N4O3/c1-24-4-3-5-27-6-7-28(30-18-26(20-36-21-30)23-38-12-10-31(40)11-13-38)19-32(27)34(24)35(41)25(2)29-8-9-33(37-22-29)39-14-16-42-17-15-39/h6-9,18,21-22,25-26,31-32,40H,3-5,10-17,19-20,23H2,1-2H3/t25-,26?,32?/m1/s1. The number of hydrogen-bond acceptors (Lipinski definition) is 7. The molecule has 1 aromatic heterocycles. The number of piperidine rings is 1. The van der Waals surface area contributed by atoms with Gasteiger partial charge in [-0.3, -0.25) is 9.79 Å². The molecule has 1 N–H and O–H groups in total. The van der Waals surface area contributed by atoms with Crippen molar-refractivity contribution in [2.45, 2.75) is 64.4 Å². The predicted octanol–water partition coefficient (Wildman–Crippen LogP) is 5.05. The fourth-order valence-corrected chi connectivity index (χ4v) is 7.26. The van der Waals surface area contributed by atoms with E-state index >= 15 is 0 Å². The van der Waals surface area contributed by atoms with Gasteiger partial charge in [-0.2, -0.15) is 0 Å². The number of fused-ring (bicyclic) bond motifs is 1. The summed E-state index contributed by atoms with van der Waals surface area (Å²) < 4.78 is 5.48. The number of carbonyl (C=O) groups excluding carboxylic acids is 1. The highest BCUT2D eigenvalue weighted by Gasteiger charge is 2.34. The summed E-state index contributed by atoms with van der Waals surface area (Å²) in [5, 5.41) is 9.89. The van der Waals surface area contributed by atoms with Crippen LogP contribution in [-0.4, -0.2) is 85.6 Å². The molecule has 3 aliphatic heterocycles. The van der Waals surface area contributed by atoms with E-state index < -0.39 is 0 Å². The highest BCUT2D eigenvalue weighted by molar-refractivity contribution is 6.02. The van der Waals surface area contributed by atoms with E-state index in [4.69, 9.17) is 14.7 Å². The Bertz CT molecular complexity index is 1290. The quantitative estimate of drug-likeness (QED) is 0.495.